The summed E-state index contributed by atoms with van der Waals surface area (Å²) < 4.78 is 11.6. The second kappa shape index (κ2) is 8.05. The van der Waals surface area contributed by atoms with Crippen LogP contribution in [0.15, 0.2) is 24.3 Å². The molecule has 0 N–H and O–H groups in total. The third-order valence-electron chi connectivity index (χ3n) is 4.46. The fraction of sp³-hybridized carbons (Fsp3) is 0.611. The van der Waals surface area contributed by atoms with Crippen LogP contribution in [-0.4, -0.2) is 19.3 Å². The molecule has 1 saturated carbocycles. The molecule has 0 spiro atoms. The summed E-state index contributed by atoms with van der Waals surface area (Å²) in [6, 6.07) is 9.83. The lowest BCUT2D eigenvalue weighted by atomic mass is 9.80. The number of hydrogen-bond acceptors (Lipinski definition) is 3. The highest BCUT2D eigenvalue weighted by Crippen LogP contribution is 2.30. The lowest BCUT2D eigenvalue weighted by molar-refractivity contribution is -0.00908. The van der Waals surface area contributed by atoms with E-state index in [1.54, 1.807) is 0 Å². The normalized spacial score (nSPS) is 25.3. The zero-order valence-electron chi connectivity index (χ0n) is 13.0. The Balaban J connectivity index is 1.64. The van der Waals surface area contributed by atoms with Crippen molar-refractivity contribution in [1.29, 1.82) is 5.26 Å². The fourth-order valence-corrected chi connectivity index (χ4v) is 2.82. The van der Waals surface area contributed by atoms with Crippen LogP contribution in [0, 0.1) is 23.2 Å². The van der Waals surface area contributed by atoms with Gasteiger partial charge in [-0.3, -0.25) is 0 Å². The summed E-state index contributed by atoms with van der Waals surface area (Å²) in [6.45, 7) is 5.88. The molecule has 1 aromatic carbocycles. The van der Waals surface area contributed by atoms with Crippen LogP contribution in [-0.2, 0) is 11.2 Å². The minimum Gasteiger partial charge on any atom is -0.491 e. The minimum atomic E-state index is 0.401. The monoisotopic (exact) mass is 287 g/mol. The van der Waals surface area contributed by atoms with E-state index in [2.05, 4.69) is 19.9 Å². The molecule has 0 amide bonds. The Morgan fingerprint density at radius 3 is 2.52 bits per heavy atom. The van der Waals surface area contributed by atoms with Crippen LogP contribution >= 0.6 is 0 Å². The lowest BCUT2D eigenvalue weighted by Gasteiger charge is -2.31. The van der Waals surface area contributed by atoms with Crippen LogP contribution in [0.2, 0.25) is 0 Å². The summed E-state index contributed by atoms with van der Waals surface area (Å²) >= 11 is 0. The number of ether oxygens (including phenoxy) is 2. The van der Waals surface area contributed by atoms with Crippen molar-refractivity contribution < 1.29 is 9.47 Å². The molecule has 1 aliphatic rings. The highest BCUT2D eigenvalue weighted by molar-refractivity contribution is 5.28. The van der Waals surface area contributed by atoms with Crippen LogP contribution in [0.5, 0.6) is 5.75 Å². The van der Waals surface area contributed by atoms with Crippen molar-refractivity contribution in [3.63, 3.8) is 0 Å². The van der Waals surface area contributed by atoms with E-state index in [0.29, 0.717) is 25.7 Å². The van der Waals surface area contributed by atoms with Gasteiger partial charge in [0.25, 0.3) is 0 Å². The van der Waals surface area contributed by atoms with E-state index in [-0.39, 0.29) is 0 Å². The predicted molar refractivity (Wildman–Crippen MR) is 83.2 cm³/mol. The standard InChI is InChI=1S/C18H25NO2/c1-14-3-6-18(13-15(14)2)21-12-11-20-17-7-4-16(5-8-17)9-10-19/h4-5,7-8,14-15,18H,3,6,9,11-13H2,1-2H3. The number of rotatable bonds is 6. The van der Waals surface area contributed by atoms with Crippen LogP contribution in [0.25, 0.3) is 0 Å². The molecule has 114 valence electrons. The maximum atomic E-state index is 8.62. The second-order valence-electron chi connectivity index (χ2n) is 6.09. The van der Waals surface area contributed by atoms with E-state index >= 15 is 0 Å². The summed E-state index contributed by atoms with van der Waals surface area (Å²) in [5.74, 6) is 2.43. The van der Waals surface area contributed by atoms with E-state index in [1.165, 1.54) is 19.3 Å². The van der Waals surface area contributed by atoms with Crippen molar-refractivity contribution in [1.82, 2.24) is 0 Å². The third kappa shape index (κ3) is 5.06. The predicted octanol–water partition coefficient (Wildman–Crippen LogP) is 3.97. The largest absolute Gasteiger partial charge is 0.491 e. The molecule has 2 rings (SSSR count). The molecule has 0 aromatic heterocycles. The van der Waals surface area contributed by atoms with Gasteiger partial charge in [0.05, 0.1) is 25.2 Å². The number of nitrogens with zero attached hydrogens (tertiary/aromatic N) is 1. The molecule has 0 bridgehead atoms. The highest BCUT2D eigenvalue weighted by Gasteiger charge is 2.24. The van der Waals surface area contributed by atoms with Crippen molar-refractivity contribution in [3.05, 3.63) is 29.8 Å². The Hall–Kier alpha value is -1.53. The van der Waals surface area contributed by atoms with Gasteiger partial charge in [-0.25, -0.2) is 0 Å². The molecule has 3 unspecified atom stereocenters. The molecular formula is C18H25NO2. The smallest absolute Gasteiger partial charge is 0.119 e. The lowest BCUT2D eigenvalue weighted by Crippen LogP contribution is -2.28. The Labute approximate surface area is 127 Å². The van der Waals surface area contributed by atoms with Crippen molar-refractivity contribution in [2.75, 3.05) is 13.2 Å². The van der Waals surface area contributed by atoms with Crippen LogP contribution in [0.4, 0.5) is 0 Å². The Morgan fingerprint density at radius 1 is 1.10 bits per heavy atom. The zero-order valence-corrected chi connectivity index (χ0v) is 13.0. The summed E-state index contributed by atoms with van der Waals surface area (Å²) in [5, 5.41) is 8.62. The Bertz CT molecular complexity index is 463. The molecule has 0 saturated heterocycles. The van der Waals surface area contributed by atoms with Gasteiger partial charge in [-0.15, -0.1) is 0 Å². The quantitative estimate of drug-likeness (QED) is 0.743. The van der Waals surface area contributed by atoms with Gasteiger partial charge >= 0.3 is 0 Å². The molecule has 1 aromatic rings. The number of nitriles is 1. The van der Waals surface area contributed by atoms with Gasteiger partial charge in [0.15, 0.2) is 0 Å². The average Bonchev–Trinajstić information content (AvgIpc) is 2.49. The first-order valence-corrected chi connectivity index (χ1v) is 7.89. The van der Waals surface area contributed by atoms with Crippen LogP contribution in [0.3, 0.4) is 0 Å². The molecule has 21 heavy (non-hydrogen) atoms. The van der Waals surface area contributed by atoms with E-state index in [1.807, 2.05) is 24.3 Å². The van der Waals surface area contributed by atoms with Crippen molar-refractivity contribution in [2.45, 2.75) is 45.6 Å². The zero-order chi connectivity index (χ0) is 15.1. The van der Waals surface area contributed by atoms with Gasteiger partial charge in [-0.1, -0.05) is 26.0 Å². The van der Waals surface area contributed by atoms with Crippen molar-refractivity contribution >= 4 is 0 Å². The van der Waals surface area contributed by atoms with Crippen LogP contribution < -0.4 is 4.74 Å². The topological polar surface area (TPSA) is 42.2 Å². The molecule has 0 aliphatic heterocycles. The van der Waals surface area contributed by atoms with Gasteiger partial charge < -0.3 is 9.47 Å². The summed E-state index contributed by atoms with van der Waals surface area (Å²) in [5.41, 5.74) is 1.02. The SMILES string of the molecule is CC1CCC(OCCOc2ccc(CC#N)cc2)CC1C. The second-order valence-corrected chi connectivity index (χ2v) is 6.09. The van der Waals surface area contributed by atoms with E-state index in [4.69, 9.17) is 14.7 Å². The van der Waals surface area contributed by atoms with Crippen LogP contribution in [0.1, 0.15) is 38.7 Å². The minimum absolute atomic E-state index is 0.401. The highest BCUT2D eigenvalue weighted by atomic mass is 16.5. The summed E-state index contributed by atoms with van der Waals surface area (Å²) in [4.78, 5) is 0. The van der Waals surface area contributed by atoms with Gasteiger partial charge in [-0.2, -0.15) is 5.26 Å². The molecule has 0 heterocycles. The summed E-state index contributed by atoms with van der Waals surface area (Å²) in [7, 11) is 0. The van der Waals surface area contributed by atoms with E-state index in [0.717, 1.165) is 23.1 Å². The third-order valence-corrected chi connectivity index (χ3v) is 4.46. The molecular weight excluding hydrogens is 262 g/mol. The van der Waals surface area contributed by atoms with Gasteiger partial charge in [0, 0.05) is 0 Å². The molecule has 1 aliphatic carbocycles. The number of hydrogen-bond donors (Lipinski definition) is 0. The number of benzene rings is 1. The average molecular weight is 287 g/mol. The first kappa shape index (κ1) is 15.9. The van der Waals surface area contributed by atoms with Crippen molar-refractivity contribution in [3.8, 4) is 11.8 Å². The Kier molecular flexibility index (Phi) is 6.07. The van der Waals surface area contributed by atoms with Gasteiger partial charge in [0.2, 0.25) is 0 Å². The van der Waals surface area contributed by atoms with E-state index in [9.17, 15) is 0 Å². The van der Waals surface area contributed by atoms with Gasteiger partial charge in [-0.05, 0) is 48.8 Å². The molecule has 3 heteroatoms. The molecule has 3 atom stereocenters. The first-order valence-electron chi connectivity index (χ1n) is 7.89. The Morgan fingerprint density at radius 2 is 1.86 bits per heavy atom. The maximum absolute atomic E-state index is 8.62. The molecule has 3 nitrogen and oxygen atoms in total. The molecule has 1 fully saturated rings. The maximum Gasteiger partial charge on any atom is 0.119 e. The molecule has 0 radical (unpaired) electrons. The van der Waals surface area contributed by atoms with E-state index < -0.39 is 0 Å². The van der Waals surface area contributed by atoms with Crippen molar-refractivity contribution in [2.24, 2.45) is 11.8 Å². The summed E-state index contributed by atoms with van der Waals surface area (Å²) in [6.07, 6.45) is 4.46. The first-order chi connectivity index (χ1) is 10.2. The van der Waals surface area contributed by atoms with Gasteiger partial charge in [0.1, 0.15) is 12.4 Å². The fourth-order valence-electron chi connectivity index (χ4n) is 2.82.